The molecule has 0 spiro atoms. The molecule has 110 valence electrons. The first kappa shape index (κ1) is 14.6. The molecule has 0 aliphatic carbocycles. The van der Waals surface area contributed by atoms with E-state index >= 15 is 0 Å². The minimum Gasteiger partial charge on any atom is -0.491 e. The van der Waals surface area contributed by atoms with Crippen LogP contribution in [0.1, 0.15) is 17.3 Å². The van der Waals surface area contributed by atoms with Gasteiger partial charge in [0.2, 0.25) is 0 Å². The van der Waals surface area contributed by atoms with Gasteiger partial charge in [-0.2, -0.15) is 0 Å². The summed E-state index contributed by atoms with van der Waals surface area (Å²) in [4.78, 5) is 15.2. The van der Waals surface area contributed by atoms with Crippen molar-refractivity contribution in [2.75, 3.05) is 17.7 Å². The fourth-order valence-electron chi connectivity index (χ4n) is 1.75. The molecule has 0 atom stereocenters. The van der Waals surface area contributed by atoms with Crippen molar-refractivity contribution in [2.45, 2.75) is 6.92 Å². The summed E-state index contributed by atoms with van der Waals surface area (Å²) < 4.78 is 18.8. The quantitative estimate of drug-likeness (QED) is 0.782. The van der Waals surface area contributed by atoms with Crippen LogP contribution in [0.15, 0.2) is 30.5 Å². The second kappa shape index (κ2) is 6.08. The number of amides is 1. The van der Waals surface area contributed by atoms with E-state index in [0.717, 1.165) is 0 Å². The van der Waals surface area contributed by atoms with Crippen molar-refractivity contribution in [1.29, 1.82) is 0 Å². The van der Waals surface area contributed by atoms with E-state index < -0.39 is 11.7 Å². The number of nitrogens with two attached hydrogens (primary N) is 2. The number of nitrogens with zero attached hydrogens (tertiary/aromatic N) is 1. The van der Waals surface area contributed by atoms with Crippen LogP contribution in [-0.4, -0.2) is 17.5 Å². The van der Waals surface area contributed by atoms with Gasteiger partial charge in [0, 0.05) is 11.8 Å². The lowest BCUT2D eigenvalue weighted by Crippen LogP contribution is -2.14. The normalized spacial score (nSPS) is 10.2. The van der Waals surface area contributed by atoms with Crippen LogP contribution in [0.2, 0.25) is 0 Å². The number of hydrogen-bond acceptors (Lipinski definition) is 5. The molecule has 1 aromatic heterocycles. The van der Waals surface area contributed by atoms with Gasteiger partial charge in [0.1, 0.15) is 5.82 Å². The van der Waals surface area contributed by atoms with Crippen molar-refractivity contribution in [3.8, 4) is 5.75 Å². The first-order valence-corrected chi connectivity index (χ1v) is 6.26. The third-order valence-electron chi connectivity index (χ3n) is 2.70. The zero-order chi connectivity index (χ0) is 15.4. The molecule has 5 N–H and O–H groups in total. The molecule has 0 aliphatic heterocycles. The number of primary amides is 1. The molecule has 0 radical (unpaired) electrons. The molecule has 0 bridgehead atoms. The fraction of sp³-hybridized carbons (Fsp3) is 0.143. The molecule has 2 aromatic rings. The van der Waals surface area contributed by atoms with Gasteiger partial charge in [-0.15, -0.1) is 0 Å². The van der Waals surface area contributed by atoms with E-state index in [4.69, 9.17) is 16.2 Å². The molecular formula is C14H15FN4O2. The van der Waals surface area contributed by atoms with Gasteiger partial charge in [0.25, 0.3) is 5.91 Å². The molecular weight excluding hydrogens is 275 g/mol. The summed E-state index contributed by atoms with van der Waals surface area (Å²) in [5.41, 5.74) is 11.6. The smallest absolute Gasteiger partial charge is 0.250 e. The summed E-state index contributed by atoms with van der Waals surface area (Å²) in [6.07, 6.45) is 1.31. The second-order valence-electron chi connectivity index (χ2n) is 4.22. The molecule has 0 fully saturated rings. The van der Waals surface area contributed by atoms with Crippen LogP contribution in [-0.2, 0) is 0 Å². The van der Waals surface area contributed by atoms with Crippen LogP contribution in [0, 0.1) is 5.82 Å². The third kappa shape index (κ3) is 3.38. The standard InChI is InChI=1S/C14H15FN4O2/c1-2-21-12-4-3-8(5-10(12)15)19-13-6-9(14(17)20)11(16)7-18-13/h3-7H,2,16H2,1H3,(H2,17,20)(H,18,19). The largest absolute Gasteiger partial charge is 0.491 e. The zero-order valence-corrected chi connectivity index (χ0v) is 11.4. The maximum absolute atomic E-state index is 13.7. The van der Waals surface area contributed by atoms with Gasteiger partial charge in [0.05, 0.1) is 24.1 Å². The SMILES string of the molecule is CCOc1ccc(Nc2cc(C(N)=O)c(N)cn2)cc1F. The molecule has 21 heavy (non-hydrogen) atoms. The topological polar surface area (TPSA) is 103 Å². The monoisotopic (exact) mass is 290 g/mol. The van der Waals surface area contributed by atoms with E-state index in [1.807, 2.05) is 0 Å². The minimum absolute atomic E-state index is 0.152. The fourth-order valence-corrected chi connectivity index (χ4v) is 1.75. The van der Waals surface area contributed by atoms with Crippen molar-refractivity contribution >= 4 is 23.1 Å². The van der Waals surface area contributed by atoms with Gasteiger partial charge in [-0.3, -0.25) is 4.79 Å². The Morgan fingerprint density at radius 1 is 1.43 bits per heavy atom. The average molecular weight is 290 g/mol. The van der Waals surface area contributed by atoms with E-state index in [0.29, 0.717) is 18.1 Å². The lowest BCUT2D eigenvalue weighted by Gasteiger charge is -2.10. The van der Waals surface area contributed by atoms with Gasteiger partial charge < -0.3 is 21.5 Å². The second-order valence-corrected chi connectivity index (χ2v) is 4.22. The summed E-state index contributed by atoms with van der Waals surface area (Å²) in [7, 11) is 0. The van der Waals surface area contributed by atoms with Crippen LogP contribution in [0.5, 0.6) is 5.75 Å². The molecule has 1 amide bonds. The highest BCUT2D eigenvalue weighted by atomic mass is 19.1. The number of rotatable bonds is 5. The van der Waals surface area contributed by atoms with Gasteiger partial charge in [0.15, 0.2) is 11.6 Å². The molecule has 0 unspecified atom stereocenters. The molecule has 0 aliphatic rings. The van der Waals surface area contributed by atoms with Crippen molar-refractivity contribution in [1.82, 2.24) is 4.98 Å². The van der Waals surface area contributed by atoms with E-state index in [9.17, 15) is 9.18 Å². The number of ether oxygens (including phenoxy) is 1. The van der Waals surface area contributed by atoms with Crippen molar-refractivity contribution in [3.05, 3.63) is 41.8 Å². The van der Waals surface area contributed by atoms with E-state index in [1.165, 1.54) is 24.4 Å². The molecule has 6 nitrogen and oxygen atoms in total. The molecule has 0 saturated carbocycles. The Bertz CT molecular complexity index is 676. The number of nitrogens with one attached hydrogen (secondary N) is 1. The average Bonchev–Trinajstić information content (AvgIpc) is 2.44. The number of benzene rings is 1. The van der Waals surface area contributed by atoms with E-state index in [1.54, 1.807) is 13.0 Å². The number of aromatic nitrogens is 1. The predicted octanol–water partition coefficient (Wildman–Crippen LogP) is 2.04. The van der Waals surface area contributed by atoms with Crippen molar-refractivity contribution in [2.24, 2.45) is 5.73 Å². The highest BCUT2D eigenvalue weighted by Gasteiger charge is 2.09. The summed E-state index contributed by atoms with van der Waals surface area (Å²) >= 11 is 0. The number of carbonyl (C=O) groups is 1. The van der Waals surface area contributed by atoms with Gasteiger partial charge in [-0.1, -0.05) is 0 Å². The number of halogens is 1. The first-order chi connectivity index (χ1) is 10.0. The Morgan fingerprint density at radius 3 is 2.81 bits per heavy atom. The number of nitrogen functional groups attached to an aromatic ring is 1. The third-order valence-corrected chi connectivity index (χ3v) is 2.70. The Morgan fingerprint density at radius 2 is 2.19 bits per heavy atom. The summed E-state index contributed by atoms with van der Waals surface area (Å²) in [5.74, 6) is -0.643. The Balaban J connectivity index is 2.24. The predicted molar refractivity (Wildman–Crippen MR) is 78.0 cm³/mol. The van der Waals surface area contributed by atoms with E-state index in [-0.39, 0.29) is 17.0 Å². The number of anilines is 3. The molecule has 7 heteroatoms. The first-order valence-electron chi connectivity index (χ1n) is 6.26. The maximum atomic E-state index is 13.7. The number of hydrogen-bond donors (Lipinski definition) is 3. The molecule has 0 saturated heterocycles. The zero-order valence-electron chi connectivity index (χ0n) is 11.4. The van der Waals surface area contributed by atoms with Gasteiger partial charge >= 0.3 is 0 Å². The highest BCUT2D eigenvalue weighted by molar-refractivity contribution is 5.98. The van der Waals surface area contributed by atoms with Crippen LogP contribution in [0.4, 0.5) is 21.6 Å². The van der Waals surface area contributed by atoms with E-state index in [2.05, 4.69) is 10.3 Å². The lowest BCUT2D eigenvalue weighted by atomic mass is 10.2. The maximum Gasteiger partial charge on any atom is 0.250 e. The minimum atomic E-state index is -0.657. The Hall–Kier alpha value is -2.83. The van der Waals surface area contributed by atoms with Crippen LogP contribution >= 0.6 is 0 Å². The Kier molecular flexibility index (Phi) is 4.22. The van der Waals surface area contributed by atoms with Gasteiger partial charge in [-0.05, 0) is 25.1 Å². The van der Waals surface area contributed by atoms with Crippen LogP contribution < -0.4 is 21.5 Å². The number of carbonyl (C=O) groups excluding carboxylic acids is 1. The van der Waals surface area contributed by atoms with Crippen LogP contribution in [0.25, 0.3) is 0 Å². The molecule has 1 aromatic carbocycles. The summed E-state index contributed by atoms with van der Waals surface area (Å²) in [6.45, 7) is 2.15. The highest BCUT2D eigenvalue weighted by Crippen LogP contribution is 2.24. The van der Waals surface area contributed by atoms with Gasteiger partial charge in [-0.25, -0.2) is 9.37 Å². The molecule has 2 rings (SSSR count). The molecule has 1 heterocycles. The van der Waals surface area contributed by atoms with Crippen molar-refractivity contribution in [3.63, 3.8) is 0 Å². The van der Waals surface area contributed by atoms with Crippen LogP contribution in [0.3, 0.4) is 0 Å². The summed E-state index contributed by atoms with van der Waals surface area (Å²) in [6, 6.07) is 5.82. The lowest BCUT2D eigenvalue weighted by molar-refractivity contribution is 0.100. The van der Waals surface area contributed by atoms with Crippen molar-refractivity contribution < 1.29 is 13.9 Å². The Labute approximate surface area is 120 Å². The number of pyridine rings is 1. The summed E-state index contributed by atoms with van der Waals surface area (Å²) in [5, 5.41) is 2.87.